The molecule has 3 rings (SSSR count). The zero-order valence-electron chi connectivity index (χ0n) is 11.7. The van der Waals surface area contributed by atoms with E-state index in [1.807, 2.05) is 0 Å². The van der Waals surface area contributed by atoms with Crippen molar-refractivity contribution in [2.45, 2.75) is 24.7 Å². The molecule has 0 saturated heterocycles. The SMILES string of the molecule is O=C(Nc1ccc(Cl)cc1Cl)C1(c2cccc(F)c2)CCC1. The lowest BCUT2D eigenvalue weighted by molar-refractivity contribution is -0.124. The molecule has 0 bridgehead atoms. The number of halogens is 3. The number of benzene rings is 2. The highest BCUT2D eigenvalue weighted by molar-refractivity contribution is 6.36. The lowest BCUT2D eigenvalue weighted by atomic mass is 9.63. The second kappa shape index (κ2) is 5.90. The average Bonchev–Trinajstić information content (AvgIpc) is 2.41. The summed E-state index contributed by atoms with van der Waals surface area (Å²) in [5.41, 5.74) is 0.547. The van der Waals surface area contributed by atoms with E-state index in [1.165, 1.54) is 12.1 Å². The number of carbonyl (C=O) groups excluding carboxylic acids is 1. The zero-order chi connectivity index (χ0) is 15.7. The maximum Gasteiger partial charge on any atom is 0.235 e. The van der Waals surface area contributed by atoms with Gasteiger partial charge in [0.25, 0.3) is 0 Å². The van der Waals surface area contributed by atoms with Gasteiger partial charge in [0, 0.05) is 5.02 Å². The number of anilines is 1. The van der Waals surface area contributed by atoms with Crippen LogP contribution in [0.15, 0.2) is 42.5 Å². The van der Waals surface area contributed by atoms with E-state index in [0.29, 0.717) is 34.1 Å². The molecule has 114 valence electrons. The summed E-state index contributed by atoms with van der Waals surface area (Å²) in [7, 11) is 0. The van der Waals surface area contributed by atoms with Crippen LogP contribution in [0.5, 0.6) is 0 Å². The summed E-state index contributed by atoms with van der Waals surface area (Å²) in [6, 6.07) is 11.2. The van der Waals surface area contributed by atoms with Gasteiger partial charge < -0.3 is 5.32 Å². The molecule has 1 saturated carbocycles. The summed E-state index contributed by atoms with van der Waals surface area (Å²) in [5, 5.41) is 3.74. The Morgan fingerprint density at radius 1 is 1.14 bits per heavy atom. The molecule has 2 aromatic rings. The highest BCUT2D eigenvalue weighted by Crippen LogP contribution is 2.45. The summed E-state index contributed by atoms with van der Waals surface area (Å²) >= 11 is 12.0. The minimum atomic E-state index is -0.676. The lowest BCUT2D eigenvalue weighted by Gasteiger charge is -2.40. The second-order valence-corrected chi connectivity index (χ2v) is 6.37. The molecule has 0 aromatic heterocycles. The highest BCUT2D eigenvalue weighted by Gasteiger charge is 2.45. The molecule has 1 aliphatic rings. The fourth-order valence-electron chi connectivity index (χ4n) is 2.80. The van der Waals surface area contributed by atoms with Crippen LogP contribution < -0.4 is 5.32 Å². The monoisotopic (exact) mass is 337 g/mol. The normalized spacial score (nSPS) is 16.0. The van der Waals surface area contributed by atoms with Gasteiger partial charge in [-0.1, -0.05) is 41.8 Å². The van der Waals surface area contributed by atoms with Crippen LogP contribution in [0.3, 0.4) is 0 Å². The minimum absolute atomic E-state index is 0.159. The van der Waals surface area contributed by atoms with Gasteiger partial charge in [0.1, 0.15) is 5.82 Å². The third kappa shape index (κ3) is 2.71. The van der Waals surface area contributed by atoms with E-state index < -0.39 is 5.41 Å². The third-order valence-electron chi connectivity index (χ3n) is 4.20. The smallest absolute Gasteiger partial charge is 0.235 e. The van der Waals surface area contributed by atoms with Gasteiger partial charge in [0.15, 0.2) is 0 Å². The van der Waals surface area contributed by atoms with Crippen molar-refractivity contribution in [2.24, 2.45) is 0 Å². The lowest BCUT2D eigenvalue weighted by Crippen LogP contribution is -2.46. The minimum Gasteiger partial charge on any atom is -0.324 e. The summed E-state index contributed by atoms with van der Waals surface area (Å²) in [6.45, 7) is 0. The van der Waals surface area contributed by atoms with Crippen LogP contribution in [0.2, 0.25) is 10.0 Å². The molecule has 2 nitrogen and oxygen atoms in total. The Morgan fingerprint density at radius 3 is 2.50 bits per heavy atom. The summed E-state index contributed by atoms with van der Waals surface area (Å²) in [5.74, 6) is -0.491. The highest BCUT2D eigenvalue weighted by atomic mass is 35.5. The predicted molar refractivity (Wildman–Crippen MR) is 87.0 cm³/mol. The van der Waals surface area contributed by atoms with Crippen LogP contribution >= 0.6 is 23.2 Å². The van der Waals surface area contributed by atoms with Crippen molar-refractivity contribution in [3.8, 4) is 0 Å². The first-order valence-electron chi connectivity index (χ1n) is 7.04. The van der Waals surface area contributed by atoms with E-state index in [-0.39, 0.29) is 11.7 Å². The second-order valence-electron chi connectivity index (χ2n) is 5.52. The quantitative estimate of drug-likeness (QED) is 0.819. The Labute approximate surface area is 138 Å². The van der Waals surface area contributed by atoms with E-state index in [9.17, 15) is 9.18 Å². The molecular formula is C17H14Cl2FNO. The van der Waals surface area contributed by atoms with E-state index in [4.69, 9.17) is 23.2 Å². The van der Waals surface area contributed by atoms with E-state index >= 15 is 0 Å². The molecule has 22 heavy (non-hydrogen) atoms. The molecule has 0 atom stereocenters. The van der Waals surface area contributed by atoms with Crippen molar-refractivity contribution in [3.63, 3.8) is 0 Å². The average molecular weight is 338 g/mol. The molecule has 0 spiro atoms. The molecule has 0 aliphatic heterocycles. The first-order valence-corrected chi connectivity index (χ1v) is 7.79. The van der Waals surface area contributed by atoms with Gasteiger partial charge in [-0.3, -0.25) is 4.79 Å². The maximum atomic E-state index is 13.5. The topological polar surface area (TPSA) is 29.1 Å². The molecule has 1 amide bonds. The standard InChI is InChI=1S/C17H14Cl2FNO/c18-12-5-6-15(14(19)10-12)21-16(22)17(7-2-8-17)11-3-1-4-13(20)9-11/h1,3-6,9-10H,2,7-8H2,(H,21,22). The Bertz CT molecular complexity index is 728. The maximum absolute atomic E-state index is 13.5. The number of nitrogens with one attached hydrogen (secondary N) is 1. The number of hydrogen-bond donors (Lipinski definition) is 1. The van der Waals surface area contributed by atoms with E-state index in [2.05, 4.69) is 5.32 Å². The number of carbonyl (C=O) groups is 1. The number of hydrogen-bond acceptors (Lipinski definition) is 1. The molecule has 1 aliphatic carbocycles. The fraction of sp³-hybridized carbons (Fsp3) is 0.235. The van der Waals surface area contributed by atoms with E-state index in [0.717, 1.165) is 6.42 Å². The van der Waals surface area contributed by atoms with Gasteiger partial charge in [0.2, 0.25) is 5.91 Å². The molecule has 0 unspecified atom stereocenters. The van der Waals surface area contributed by atoms with Gasteiger partial charge in [-0.25, -0.2) is 4.39 Å². The predicted octanol–water partition coefficient (Wildman–Crippen LogP) is 5.19. The van der Waals surface area contributed by atoms with Crippen LogP contribution in [-0.2, 0) is 10.2 Å². The number of amides is 1. The van der Waals surface area contributed by atoms with Crippen molar-refractivity contribution in [2.75, 3.05) is 5.32 Å². The number of rotatable bonds is 3. The van der Waals surface area contributed by atoms with Crippen LogP contribution in [0.4, 0.5) is 10.1 Å². The van der Waals surface area contributed by atoms with Crippen LogP contribution in [-0.4, -0.2) is 5.91 Å². The zero-order valence-corrected chi connectivity index (χ0v) is 13.2. The molecule has 1 fully saturated rings. The first-order chi connectivity index (χ1) is 10.5. The molecule has 5 heteroatoms. The molecule has 0 heterocycles. The van der Waals surface area contributed by atoms with Gasteiger partial charge in [-0.05, 0) is 48.7 Å². The van der Waals surface area contributed by atoms with Crippen LogP contribution in [0.1, 0.15) is 24.8 Å². The molecule has 1 N–H and O–H groups in total. The Balaban J connectivity index is 1.89. The first kappa shape index (κ1) is 15.3. The molecule has 2 aromatic carbocycles. The Kier molecular flexibility index (Phi) is 4.11. The molecular weight excluding hydrogens is 324 g/mol. The Morgan fingerprint density at radius 2 is 1.91 bits per heavy atom. The largest absolute Gasteiger partial charge is 0.324 e. The van der Waals surface area contributed by atoms with Crippen molar-refractivity contribution in [3.05, 3.63) is 63.9 Å². The summed E-state index contributed by atoms with van der Waals surface area (Å²) in [4.78, 5) is 12.7. The fourth-order valence-corrected chi connectivity index (χ4v) is 3.25. The van der Waals surface area contributed by atoms with Gasteiger partial charge in [0.05, 0.1) is 16.1 Å². The third-order valence-corrected chi connectivity index (χ3v) is 4.75. The van der Waals surface area contributed by atoms with Crippen molar-refractivity contribution in [1.29, 1.82) is 0 Å². The molecule has 0 radical (unpaired) electrons. The van der Waals surface area contributed by atoms with Gasteiger partial charge >= 0.3 is 0 Å². The van der Waals surface area contributed by atoms with Gasteiger partial charge in [-0.15, -0.1) is 0 Å². The van der Waals surface area contributed by atoms with Crippen LogP contribution in [0.25, 0.3) is 0 Å². The van der Waals surface area contributed by atoms with Crippen molar-refractivity contribution >= 4 is 34.8 Å². The van der Waals surface area contributed by atoms with Gasteiger partial charge in [-0.2, -0.15) is 0 Å². The summed E-state index contributed by atoms with van der Waals surface area (Å²) < 4.78 is 13.5. The van der Waals surface area contributed by atoms with E-state index in [1.54, 1.807) is 30.3 Å². The van der Waals surface area contributed by atoms with Crippen molar-refractivity contribution in [1.82, 2.24) is 0 Å². The van der Waals surface area contributed by atoms with Crippen molar-refractivity contribution < 1.29 is 9.18 Å². The van der Waals surface area contributed by atoms with Crippen LogP contribution in [0, 0.1) is 5.82 Å². The Hall–Kier alpha value is -1.58. The summed E-state index contributed by atoms with van der Waals surface area (Å²) in [6.07, 6.45) is 2.35.